The monoisotopic (exact) mass is 307 g/mol. The van der Waals surface area contributed by atoms with Crippen LogP contribution in [0.1, 0.15) is 10.4 Å². The number of nitro benzene ring substituents is 1. The van der Waals surface area contributed by atoms with E-state index in [4.69, 9.17) is 21.1 Å². The fourth-order valence-electron chi connectivity index (χ4n) is 1.60. The minimum atomic E-state index is -0.708. The third-order valence-electron chi connectivity index (χ3n) is 2.65. The highest BCUT2D eigenvalue weighted by molar-refractivity contribution is 6.30. The Morgan fingerprint density at radius 2 is 1.86 bits per heavy atom. The Bertz CT molecular complexity index is 684. The first-order chi connectivity index (χ1) is 10.0. The van der Waals surface area contributed by atoms with E-state index in [2.05, 4.69) is 0 Å². The first-order valence-electron chi connectivity index (χ1n) is 5.81. The fourth-order valence-corrected chi connectivity index (χ4v) is 1.72. The maximum Gasteiger partial charge on any atom is 0.343 e. The first kappa shape index (κ1) is 14.8. The Morgan fingerprint density at radius 1 is 1.19 bits per heavy atom. The second-order valence-electron chi connectivity index (χ2n) is 3.99. The molecular weight excluding hydrogens is 298 g/mol. The average molecular weight is 308 g/mol. The number of esters is 1. The molecular formula is C14H10ClNO5. The van der Waals surface area contributed by atoms with E-state index in [1.54, 1.807) is 0 Å². The number of methoxy groups -OCH3 is 1. The normalized spacial score (nSPS) is 10.0. The standard InChI is InChI=1S/C14H10ClNO5/c1-20-11-6-7-13(12(8-11)16(18)19)21-14(17)9-2-4-10(15)5-3-9/h2-8H,1H3. The van der Waals surface area contributed by atoms with Crippen molar-refractivity contribution in [2.24, 2.45) is 0 Å². The maximum absolute atomic E-state index is 11.9. The zero-order chi connectivity index (χ0) is 15.4. The minimum Gasteiger partial charge on any atom is -0.496 e. The van der Waals surface area contributed by atoms with Crippen LogP contribution in [0.25, 0.3) is 0 Å². The molecule has 21 heavy (non-hydrogen) atoms. The van der Waals surface area contributed by atoms with Gasteiger partial charge in [0, 0.05) is 5.02 Å². The van der Waals surface area contributed by atoms with Crippen LogP contribution in [0, 0.1) is 10.1 Å². The zero-order valence-corrected chi connectivity index (χ0v) is 11.7. The number of ether oxygens (including phenoxy) is 2. The summed E-state index contributed by atoms with van der Waals surface area (Å²) in [6.07, 6.45) is 0. The highest BCUT2D eigenvalue weighted by Crippen LogP contribution is 2.31. The summed E-state index contributed by atoms with van der Waals surface area (Å²) in [5, 5.41) is 11.5. The van der Waals surface area contributed by atoms with E-state index in [0.29, 0.717) is 10.8 Å². The summed E-state index contributed by atoms with van der Waals surface area (Å²) in [6.45, 7) is 0. The van der Waals surface area contributed by atoms with Gasteiger partial charge in [0.25, 0.3) is 0 Å². The van der Waals surface area contributed by atoms with E-state index >= 15 is 0 Å². The molecule has 0 spiro atoms. The van der Waals surface area contributed by atoms with Gasteiger partial charge in [0.1, 0.15) is 5.75 Å². The van der Waals surface area contributed by atoms with Crippen LogP contribution >= 0.6 is 11.6 Å². The molecule has 108 valence electrons. The molecule has 0 aliphatic heterocycles. The van der Waals surface area contributed by atoms with Gasteiger partial charge in [0.2, 0.25) is 5.75 Å². The van der Waals surface area contributed by atoms with Gasteiger partial charge >= 0.3 is 11.7 Å². The average Bonchev–Trinajstić information content (AvgIpc) is 2.48. The number of benzene rings is 2. The number of carbonyl (C=O) groups is 1. The van der Waals surface area contributed by atoms with Crippen LogP contribution < -0.4 is 9.47 Å². The van der Waals surface area contributed by atoms with Gasteiger partial charge in [0.15, 0.2) is 0 Å². The second-order valence-corrected chi connectivity index (χ2v) is 4.42. The van der Waals surface area contributed by atoms with Crippen molar-refractivity contribution in [3.63, 3.8) is 0 Å². The number of carbonyl (C=O) groups excluding carboxylic acids is 1. The molecule has 0 radical (unpaired) electrons. The lowest BCUT2D eigenvalue weighted by Crippen LogP contribution is -2.09. The van der Waals surface area contributed by atoms with E-state index in [9.17, 15) is 14.9 Å². The van der Waals surface area contributed by atoms with Gasteiger partial charge < -0.3 is 9.47 Å². The Hall–Kier alpha value is -2.60. The minimum absolute atomic E-state index is 0.152. The molecule has 0 saturated heterocycles. The summed E-state index contributed by atoms with van der Waals surface area (Å²) in [5.74, 6) is -0.561. The summed E-state index contributed by atoms with van der Waals surface area (Å²) >= 11 is 5.72. The van der Waals surface area contributed by atoms with Crippen molar-refractivity contribution in [2.75, 3.05) is 7.11 Å². The molecule has 2 rings (SSSR count). The molecule has 0 bridgehead atoms. The maximum atomic E-state index is 11.9. The lowest BCUT2D eigenvalue weighted by Gasteiger charge is -2.06. The topological polar surface area (TPSA) is 78.7 Å². The molecule has 2 aromatic carbocycles. The number of hydrogen-bond donors (Lipinski definition) is 0. The molecule has 0 atom stereocenters. The zero-order valence-electron chi connectivity index (χ0n) is 10.9. The van der Waals surface area contributed by atoms with E-state index in [0.717, 1.165) is 0 Å². The van der Waals surface area contributed by atoms with Crippen molar-refractivity contribution < 1.29 is 19.2 Å². The van der Waals surface area contributed by atoms with Crippen LogP contribution in [-0.4, -0.2) is 18.0 Å². The van der Waals surface area contributed by atoms with Crippen molar-refractivity contribution >= 4 is 23.3 Å². The third kappa shape index (κ3) is 3.49. The van der Waals surface area contributed by atoms with Gasteiger partial charge in [-0.2, -0.15) is 0 Å². The van der Waals surface area contributed by atoms with Gasteiger partial charge in [-0.3, -0.25) is 10.1 Å². The predicted molar refractivity (Wildman–Crippen MR) is 76.1 cm³/mol. The van der Waals surface area contributed by atoms with Gasteiger partial charge in [-0.15, -0.1) is 0 Å². The van der Waals surface area contributed by atoms with Crippen LogP contribution in [0.3, 0.4) is 0 Å². The highest BCUT2D eigenvalue weighted by atomic mass is 35.5. The van der Waals surface area contributed by atoms with Crippen molar-refractivity contribution in [3.05, 3.63) is 63.2 Å². The van der Waals surface area contributed by atoms with Crippen LogP contribution in [0.4, 0.5) is 5.69 Å². The van der Waals surface area contributed by atoms with E-state index < -0.39 is 10.9 Å². The molecule has 7 heteroatoms. The van der Waals surface area contributed by atoms with Gasteiger partial charge in [0.05, 0.1) is 23.7 Å². The molecule has 0 saturated carbocycles. The van der Waals surface area contributed by atoms with Crippen molar-refractivity contribution in [3.8, 4) is 11.5 Å². The largest absolute Gasteiger partial charge is 0.496 e. The van der Waals surface area contributed by atoms with Crippen molar-refractivity contribution in [2.45, 2.75) is 0 Å². The smallest absolute Gasteiger partial charge is 0.343 e. The van der Waals surface area contributed by atoms with Crippen LogP contribution in [0.15, 0.2) is 42.5 Å². The SMILES string of the molecule is COc1ccc(OC(=O)c2ccc(Cl)cc2)c([N+](=O)[O-])c1. The van der Waals surface area contributed by atoms with E-state index in [1.807, 2.05) is 0 Å². The number of halogens is 1. The fraction of sp³-hybridized carbons (Fsp3) is 0.0714. The van der Waals surface area contributed by atoms with E-state index in [1.165, 1.54) is 49.6 Å². The predicted octanol–water partition coefficient (Wildman–Crippen LogP) is 3.48. The molecule has 0 aliphatic carbocycles. The molecule has 6 nitrogen and oxygen atoms in total. The molecule has 0 aliphatic rings. The number of nitrogens with zero attached hydrogens (tertiary/aromatic N) is 1. The Morgan fingerprint density at radius 3 is 2.43 bits per heavy atom. The van der Waals surface area contributed by atoms with Crippen LogP contribution in [-0.2, 0) is 0 Å². The lowest BCUT2D eigenvalue weighted by atomic mass is 10.2. The van der Waals surface area contributed by atoms with E-state index in [-0.39, 0.29) is 17.0 Å². The first-order valence-corrected chi connectivity index (χ1v) is 6.19. The van der Waals surface area contributed by atoms with Crippen LogP contribution in [0.2, 0.25) is 5.02 Å². The molecule has 0 aromatic heterocycles. The Balaban J connectivity index is 2.28. The molecule has 0 N–H and O–H groups in total. The second kappa shape index (κ2) is 6.23. The molecule has 0 unspecified atom stereocenters. The summed E-state index contributed by atoms with van der Waals surface area (Å²) in [5.41, 5.74) is -0.110. The third-order valence-corrected chi connectivity index (χ3v) is 2.90. The quantitative estimate of drug-likeness (QED) is 0.374. The summed E-state index contributed by atoms with van der Waals surface area (Å²) in [4.78, 5) is 22.3. The molecule has 0 amide bonds. The van der Waals surface area contributed by atoms with Crippen molar-refractivity contribution in [1.29, 1.82) is 0 Å². The molecule has 0 heterocycles. The van der Waals surface area contributed by atoms with Crippen molar-refractivity contribution in [1.82, 2.24) is 0 Å². The van der Waals surface area contributed by atoms with Gasteiger partial charge in [-0.1, -0.05) is 11.6 Å². The number of hydrogen-bond acceptors (Lipinski definition) is 5. The summed E-state index contributed by atoms with van der Waals surface area (Å²) < 4.78 is 9.96. The van der Waals surface area contributed by atoms with Gasteiger partial charge in [-0.05, 0) is 36.4 Å². The lowest BCUT2D eigenvalue weighted by molar-refractivity contribution is -0.385. The Kier molecular flexibility index (Phi) is 4.39. The number of nitro groups is 1. The Labute approximate surface area is 125 Å². The highest BCUT2D eigenvalue weighted by Gasteiger charge is 2.20. The van der Waals surface area contributed by atoms with Gasteiger partial charge in [-0.25, -0.2) is 4.79 Å². The number of rotatable bonds is 4. The molecule has 2 aromatic rings. The molecule has 0 fully saturated rings. The van der Waals surface area contributed by atoms with Crippen LogP contribution in [0.5, 0.6) is 11.5 Å². The summed E-state index contributed by atoms with van der Waals surface area (Å²) in [6, 6.07) is 9.97. The summed E-state index contributed by atoms with van der Waals surface area (Å²) in [7, 11) is 1.39.